The van der Waals surface area contributed by atoms with E-state index in [1.54, 1.807) is 55.8 Å². The van der Waals surface area contributed by atoms with E-state index in [0.717, 1.165) is 0 Å². The summed E-state index contributed by atoms with van der Waals surface area (Å²) in [5.41, 5.74) is 2.18. The number of halogens is 2. The third kappa shape index (κ3) is 4.25. The number of aromatic nitrogens is 1. The molecule has 132 valence electrons. The van der Waals surface area contributed by atoms with Gasteiger partial charge in [-0.1, -0.05) is 35.3 Å². The Labute approximate surface area is 160 Å². The fourth-order valence-corrected chi connectivity index (χ4v) is 2.77. The molecule has 0 aliphatic heterocycles. The Balaban J connectivity index is 1.79. The summed E-state index contributed by atoms with van der Waals surface area (Å²) in [5, 5.41) is 6.96. The first-order valence-electron chi connectivity index (χ1n) is 7.69. The molecular weight excluding hydrogens is 373 g/mol. The van der Waals surface area contributed by atoms with Crippen LogP contribution in [0.1, 0.15) is 10.5 Å². The van der Waals surface area contributed by atoms with Crippen LogP contribution in [0, 0.1) is 0 Å². The van der Waals surface area contributed by atoms with Gasteiger partial charge in [-0.3, -0.25) is 9.78 Å². The summed E-state index contributed by atoms with van der Waals surface area (Å²) in [6, 6.07) is 15.7. The number of amides is 1. The Kier molecular flexibility index (Phi) is 5.61. The van der Waals surface area contributed by atoms with Gasteiger partial charge in [0.15, 0.2) is 0 Å². The Morgan fingerprint density at radius 1 is 1.04 bits per heavy atom. The van der Waals surface area contributed by atoms with Crippen molar-refractivity contribution in [3.63, 3.8) is 0 Å². The SMILES string of the molecule is COc1ccccc1NC(=O)c1cc(Nc2ccc(Cl)cc2Cl)ccn1. The summed E-state index contributed by atoms with van der Waals surface area (Å²) in [5.74, 6) is 0.225. The van der Waals surface area contributed by atoms with Gasteiger partial charge >= 0.3 is 0 Å². The molecule has 0 aliphatic rings. The maximum Gasteiger partial charge on any atom is 0.274 e. The minimum atomic E-state index is -0.347. The van der Waals surface area contributed by atoms with Gasteiger partial charge in [0.1, 0.15) is 11.4 Å². The number of hydrogen-bond donors (Lipinski definition) is 2. The van der Waals surface area contributed by atoms with Gasteiger partial charge in [0, 0.05) is 16.9 Å². The number of carbonyl (C=O) groups excluding carboxylic acids is 1. The van der Waals surface area contributed by atoms with Crippen LogP contribution in [0.2, 0.25) is 10.0 Å². The number of rotatable bonds is 5. The largest absolute Gasteiger partial charge is 0.495 e. The van der Waals surface area contributed by atoms with Crippen LogP contribution in [0.25, 0.3) is 0 Å². The number of nitrogens with one attached hydrogen (secondary N) is 2. The molecule has 0 fully saturated rings. The normalized spacial score (nSPS) is 10.3. The minimum absolute atomic E-state index is 0.256. The summed E-state index contributed by atoms with van der Waals surface area (Å²) in [6.07, 6.45) is 1.54. The standard InChI is InChI=1S/C19H15Cl2N3O2/c1-26-18-5-3-2-4-16(18)24-19(25)17-11-13(8-9-22-17)23-15-7-6-12(20)10-14(15)21/h2-11H,1H3,(H,22,23)(H,24,25). The fourth-order valence-electron chi connectivity index (χ4n) is 2.31. The maximum absolute atomic E-state index is 12.5. The number of methoxy groups -OCH3 is 1. The van der Waals surface area contributed by atoms with E-state index in [9.17, 15) is 4.79 Å². The highest BCUT2D eigenvalue weighted by atomic mass is 35.5. The molecule has 26 heavy (non-hydrogen) atoms. The molecule has 0 bridgehead atoms. The molecule has 0 radical (unpaired) electrons. The van der Waals surface area contributed by atoms with Crippen molar-refractivity contribution >= 4 is 46.2 Å². The number of ether oxygens (including phenoxy) is 1. The van der Waals surface area contributed by atoms with Crippen LogP contribution in [0.3, 0.4) is 0 Å². The van der Waals surface area contributed by atoms with Crippen molar-refractivity contribution in [1.29, 1.82) is 0 Å². The minimum Gasteiger partial charge on any atom is -0.495 e. The number of anilines is 3. The van der Waals surface area contributed by atoms with E-state index in [-0.39, 0.29) is 11.6 Å². The zero-order valence-electron chi connectivity index (χ0n) is 13.8. The Morgan fingerprint density at radius 3 is 2.62 bits per heavy atom. The molecule has 0 unspecified atom stereocenters. The van der Waals surface area contributed by atoms with Gasteiger partial charge in [0.05, 0.1) is 23.5 Å². The number of pyridine rings is 1. The summed E-state index contributed by atoms with van der Waals surface area (Å²) in [6.45, 7) is 0. The molecule has 0 saturated heterocycles. The highest BCUT2D eigenvalue weighted by molar-refractivity contribution is 6.36. The van der Waals surface area contributed by atoms with E-state index < -0.39 is 0 Å². The predicted molar refractivity (Wildman–Crippen MR) is 105 cm³/mol. The van der Waals surface area contributed by atoms with E-state index >= 15 is 0 Å². The number of nitrogens with zero attached hydrogens (tertiary/aromatic N) is 1. The summed E-state index contributed by atoms with van der Waals surface area (Å²) in [4.78, 5) is 16.6. The molecule has 3 aromatic rings. The van der Waals surface area contributed by atoms with Crippen molar-refractivity contribution in [3.8, 4) is 5.75 Å². The molecule has 2 aromatic carbocycles. The number of para-hydroxylation sites is 2. The molecule has 1 amide bonds. The second-order valence-corrected chi connectivity index (χ2v) is 6.18. The Bertz CT molecular complexity index is 948. The molecule has 5 nitrogen and oxygen atoms in total. The fraction of sp³-hybridized carbons (Fsp3) is 0.0526. The van der Waals surface area contributed by atoms with Gasteiger partial charge < -0.3 is 15.4 Å². The lowest BCUT2D eigenvalue weighted by Gasteiger charge is -2.11. The lowest BCUT2D eigenvalue weighted by Crippen LogP contribution is -2.14. The van der Waals surface area contributed by atoms with Crippen LogP contribution in [-0.2, 0) is 0 Å². The molecule has 0 spiro atoms. The molecule has 1 aromatic heterocycles. The molecule has 2 N–H and O–H groups in total. The molecule has 1 heterocycles. The lowest BCUT2D eigenvalue weighted by atomic mass is 10.2. The van der Waals surface area contributed by atoms with Crippen LogP contribution < -0.4 is 15.4 Å². The second-order valence-electron chi connectivity index (χ2n) is 5.33. The molecular formula is C19H15Cl2N3O2. The number of hydrogen-bond acceptors (Lipinski definition) is 4. The van der Waals surface area contributed by atoms with Gasteiger partial charge in [-0.05, 0) is 42.5 Å². The lowest BCUT2D eigenvalue weighted by molar-refractivity contribution is 0.102. The number of benzene rings is 2. The maximum atomic E-state index is 12.5. The van der Waals surface area contributed by atoms with Crippen LogP contribution in [0.15, 0.2) is 60.8 Å². The van der Waals surface area contributed by atoms with Gasteiger partial charge in [0.2, 0.25) is 0 Å². The third-order valence-corrected chi connectivity index (χ3v) is 4.11. The van der Waals surface area contributed by atoms with Gasteiger partial charge in [-0.15, -0.1) is 0 Å². The molecule has 0 saturated carbocycles. The summed E-state index contributed by atoms with van der Waals surface area (Å²) >= 11 is 12.1. The molecule has 0 atom stereocenters. The van der Waals surface area contributed by atoms with Crippen molar-refractivity contribution in [2.24, 2.45) is 0 Å². The van der Waals surface area contributed by atoms with Gasteiger partial charge in [-0.2, -0.15) is 0 Å². The predicted octanol–water partition coefficient (Wildman–Crippen LogP) is 5.39. The highest BCUT2D eigenvalue weighted by Crippen LogP contribution is 2.28. The summed E-state index contributed by atoms with van der Waals surface area (Å²) in [7, 11) is 1.55. The first-order valence-corrected chi connectivity index (χ1v) is 8.45. The van der Waals surface area contributed by atoms with Gasteiger partial charge in [0.25, 0.3) is 5.91 Å². The first kappa shape index (κ1) is 18.0. The zero-order chi connectivity index (χ0) is 18.5. The highest BCUT2D eigenvalue weighted by Gasteiger charge is 2.12. The van der Waals surface area contributed by atoms with E-state index in [1.807, 2.05) is 12.1 Å². The van der Waals surface area contributed by atoms with E-state index in [1.165, 1.54) is 0 Å². The van der Waals surface area contributed by atoms with Crippen molar-refractivity contribution in [3.05, 3.63) is 76.5 Å². The van der Waals surface area contributed by atoms with Crippen molar-refractivity contribution in [1.82, 2.24) is 4.98 Å². The van der Waals surface area contributed by atoms with Crippen LogP contribution >= 0.6 is 23.2 Å². The Hall–Kier alpha value is -2.76. The van der Waals surface area contributed by atoms with Crippen molar-refractivity contribution in [2.75, 3.05) is 17.7 Å². The quantitative estimate of drug-likeness (QED) is 0.615. The summed E-state index contributed by atoms with van der Waals surface area (Å²) < 4.78 is 5.23. The van der Waals surface area contributed by atoms with Crippen LogP contribution in [0.4, 0.5) is 17.1 Å². The molecule has 3 rings (SSSR count). The third-order valence-electron chi connectivity index (χ3n) is 3.56. The smallest absolute Gasteiger partial charge is 0.274 e. The van der Waals surface area contributed by atoms with Crippen LogP contribution in [0.5, 0.6) is 5.75 Å². The molecule has 7 heteroatoms. The van der Waals surface area contributed by atoms with E-state index in [4.69, 9.17) is 27.9 Å². The van der Waals surface area contributed by atoms with Crippen LogP contribution in [-0.4, -0.2) is 18.0 Å². The van der Waals surface area contributed by atoms with E-state index in [0.29, 0.717) is 32.9 Å². The topological polar surface area (TPSA) is 63.2 Å². The molecule has 0 aliphatic carbocycles. The number of carbonyl (C=O) groups is 1. The second kappa shape index (κ2) is 8.08. The first-order chi connectivity index (χ1) is 12.6. The van der Waals surface area contributed by atoms with Gasteiger partial charge in [-0.25, -0.2) is 0 Å². The van der Waals surface area contributed by atoms with Crippen molar-refractivity contribution in [2.45, 2.75) is 0 Å². The Morgan fingerprint density at radius 2 is 1.85 bits per heavy atom. The average molecular weight is 388 g/mol. The van der Waals surface area contributed by atoms with E-state index in [2.05, 4.69) is 15.6 Å². The average Bonchev–Trinajstić information content (AvgIpc) is 2.65. The zero-order valence-corrected chi connectivity index (χ0v) is 15.3. The van der Waals surface area contributed by atoms with Crippen molar-refractivity contribution < 1.29 is 9.53 Å². The monoisotopic (exact) mass is 387 g/mol.